The molecule has 0 saturated carbocycles. The molecule has 0 aromatic heterocycles. The van der Waals surface area contributed by atoms with Crippen molar-refractivity contribution in [3.8, 4) is 5.75 Å². The van der Waals surface area contributed by atoms with Crippen LogP contribution in [0.3, 0.4) is 0 Å². The first-order valence-corrected chi connectivity index (χ1v) is 5.56. The number of methoxy groups -OCH3 is 2. The molecule has 0 aliphatic carbocycles. The van der Waals surface area contributed by atoms with E-state index in [0.29, 0.717) is 0 Å². The van der Waals surface area contributed by atoms with E-state index < -0.39 is 16.8 Å². The molecule has 0 unspecified atom stereocenters. The molecule has 0 atom stereocenters. The minimum atomic E-state index is -0.695. The number of benzene rings is 1. The van der Waals surface area contributed by atoms with Crippen LogP contribution in [-0.4, -0.2) is 49.5 Å². The molecule has 0 aliphatic heterocycles. The van der Waals surface area contributed by atoms with Gasteiger partial charge in [0.2, 0.25) is 0 Å². The van der Waals surface area contributed by atoms with E-state index >= 15 is 0 Å². The number of ether oxygens (including phenoxy) is 2. The smallest absolute Gasteiger partial charge is 0.325 e. The maximum Gasteiger partial charge on any atom is 0.325 e. The first kappa shape index (κ1) is 15.4. The van der Waals surface area contributed by atoms with Crippen LogP contribution in [0, 0.1) is 10.1 Å². The van der Waals surface area contributed by atoms with Crippen molar-refractivity contribution in [1.29, 1.82) is 0 Å². The maximum absolute atomic E-state index is 12.2. The number of carbonyl (C=O) groups excluding carboxylic acids is 2. The zero-order valence-corrected chi connectivity index (χ0v) is 11.3. The summed E-state index contributed by atoms with van der Waals surface area (Å²) in [4.78, 5) is 34.7. The molecule has 20 heavy (non-hydrogen) atoms. The third-order valence-corrected chi connectivity index (χ3v) is 2.58. The van der Waals surface area contributed by atoms with Gasteiger partial charge in [-0.1, -0.05) is 6.07 Å². The van der Waals surface area contributed by atoms with Gasteiger partial charge in [-0.05, 0) is 6.07 Å². The SMILES string of the molecule is COC(=O)CN(C)C(=O)c1c(OC)cccc1[N+](=O)[O-]. The second-order valence-corrected chi connectivity index (χ2v) is 3.85. The summed E-state index contributed by atoms with van der Waals surface area (Å²) in [5.41, 5.74) is -0.586. The van der Waals surface area contributed by atoms with Crippen molar-refractivity contribution in [3.63, 3.8) is 0 Å². The van der Waals surface area contributed by atoms with Crippen LogP contribution in [0.5, 0.6) is 5.75 Å². The van der Waals surface area contributed by atoms with E-state index in [9.17, 15) is 19.7 Å². The molecule has 0 radical (unpaired) electrons. The molecule has 0 saturated heterocycles. The minimum absolute atomic E-state index is 0.0703. The Labute approximate surface area is 115 Å². The Morgan fingerprint density at radius 2 is 2.00 bits per heavy atom. The largest absolute Gasteiger partial charge is 0.496 e. The summed E-state index contributed by atoms with van der Waals surface area (Å²) < 4.78 is 9.41. The highest BCUT2D eigenvalue weighted by Gasteiger charge is 2.28. The molecule has 8 nitrogen and oxygen atoms in total. The molecule has 0 spiro atoms. The number of nitro benzene ring substituents is 1. The number of hydrogen-bond donors (Lipinski definition) is 0. The summed E-state index contributed by atoms with van der Waals surface area (Å²) in [6.07, 6.45) is 0. The van der Waals surface area contributed by atoms with Crippen LogP contribution in [0.2, 0.25) is 0 Å². The summed E-state index contributed by atoms with van der Waals surface area (Å²) in [6, 6.07) is 4.04. The molecule has 1 rings (SSSR count). The molecule has 8 heteroatoms. The minimum Gasteiger partial charge on any atom is -0.496 e. The fourth-order valence-corrected chi connectivity index (χ4v) is 1.58. The number of carbonyl (C=O) groups is 2. The Hall–Kier alpha value is -2.64. The van der Waals surface area contributed by atoms with E-state index in [-0.39, 0.29) is 23.5 Å². The van der Waals surface area contributed by atoms with Gasteiger partial charge in [-0.15, -0.1) is 0 Å². The first-order valence-electron chi connectivity index (χ1n) is 5.56. The lowest BCUT2D eigenvalue weighted by molar-refractivity contribution is -0.385. The van der Waals surface area contributed by atoms with E-state index in [4.69, 9.17) is 4.74 Å². The number of esters is 1. The molecule has 1 amide bonds. The van der Waals surface area contributed by atoms with Crippen molar-refractivity contribution in [1.82, 2.24) is 4.90 Å². The third kappa shape index (κ3) is 3.22. The predicted octanol–water partition coefficient (Wildman–Crippen LogP) is 0.848. The molecular formula is C12H14N2O6. The molecule has 0 aliphatic rings. The first-order chi connectivity index (χ1) is 9.42. The highest BCUT2D eigenvalue weighted by Crippen LogP contribution is 2.29. The van der Waals surface area contributed by atoms with Crippen molar-refractivity contribution in [2.24, 2.45) is 0 Å². The van der Waals surface area contributed by atoms with Gasteiger partial charge in [0, 0.05) is 13.1 Å². The summed E-state index contributed by atoms with van der Waals surface area (Å²) >= 11 is 0. The number of nitro groups is 1. The standard InChI is InChI=1S/C12H14N2O6/c1-13(7-10(15)20-3)12(16)11-8(14(17)18)5-4-6-9(11)19-2/h4-6H,7H2,1-3H3. The van der Waals surface area contributed by atoms with E-state index in [1.165, 1.54) is 39.5 Å². The van der Waals surface area contributed by atoms with Crippen molar-refractivity contribution < 1.29 is 24.0 Å². The Balaban J connectivity index is 3.19. The van der Waals surface area contributed by atoms with Crippen LogP contribution in [0.1, 0.15) is 10.4 Å². The summed E-state index contributed by atoms with van der Waals surface area (Å²) in [5.74, 6) is -1.25. The van der Waals surface area contributed by atoms with Crippen LogP contribution < -0.4 is 4.74 Å². The molecule has 0 bridgehead atoms. The number of rotatable bonds is 5. The van der Waals surface area contributed by atoms with Crippen molar-refractivity contribution in [3.05, 3.63) is 33.9 Å². The quantitative estimate of drug-likeness (QED) is 0.451. The summed E-state index contributed by atoms with van der Waals surface area (Å²) in [5, 5.41) is 11.0. The van der Waals surface area contributed by atoms with Crippen molar-refractivity contribution in [2.45, 2.75) is 0 Å². The Morgan fingerprint density at radius 3 is 2.50 bits per heavy atom. The Morgan fingerprint density at radius 1 is 1.35 bits per heavy atom. The van der Waals surface area contributed by atoms with Gasteiger partial charge in [-0.3, -0.25) is 19.7 Å². The van der Waals surface area contributed by atoms with E-state index in [1.807, 2.05) is 0 Å². The maximum atomic E-state index is 12.2. The van der Waals surface area contributed by atoms with Gasteiger partial charge in [0.1, 0.15) is 12.3 Å². The third-order valence-electron chi connectivity index (χ3n) is 2.58. The zero-order chi connectivity index (χ0) is 15.3. The number of nitrogens with zero attached hydrogens (tertiary/aromatic N) is 2. The van der Waals surface area contributed by atoms with Gasteiger partial charge < -0.3 is 14.4 Å². The van der Waals surface area contributed by atoms with Crippen LogP contribution in [0.15, 0.2) is 18.2 Å². The second-order valence-electron chi connectivity index (χ2n) is 3.85. The zero-order valence-electron chi connectivity index (χ0n) is 11.3. The number of likely N-dealkylation sites (N-methyl/N-ethyl adjacent to an activating group) is 1. The lowest BCUT2D eigenvalue weighted by Gasteiger charge is -2.17. The monoisotopic (exact) mass is 282 g/mol. The Kier molecular flexibility index (Phi) is 5.01. The topological polar surface area (TPSA) is 99.0 Å². The van der Waals surface area contributed by atoms with E-state index in [2.05, 4.69) is 4.74 Å². The molecule has 0 heterocycles. The lowest BCUT2D eigenvalue weighted by Crippen LogP contribution is -2.33. The van der Waals surface area contributed by atoms with E-state index in [0.717, 1.165) is 4.90 Å². The van der Waals surface area contributed by atoms with Crippen LogP contribution in [-0.2, 0) is 9.53 Å². The fraction of sp³-hybridized carbons (Fsp3) is 0.333. The van der Waals surface area contributed by atoms with Gasteiger partial charge in [0.05, 0.1) is 19.1 Å². The van der Waals surface area contributed by atoms with Gasteiger partial charge in [0.15, 0.2) is 5.56 Å². The molecule has 0 N–H and O–H groups in total. The predicted molar refractivity (Wildman–Crippen MR) is 68.6 cm³/mol. The van der Waals surface area contributed by atoms with E-state index in [1.54, 1.807) is 0 Å². The normalized spacial score (nSPS) is 9.75. The highest BCUT2D eigenvalue weighted by atomic mass is 16.6. The highest BCUT2D eigenvalue weighted by molar-refractivity contribution is 6.01. The molecule has 1 aromatic carbocycles. The lowest BCUT2D eigenvalue weighted by atomic mass is 10.1. The van der Waals surface area contributed by atoms with Gasteiger partial charge in [0.25, 0.3) is 11.6 Å². The average Bonchev–Trinajstić information content (AvgIpc) is 2.44. The molecule has 1 aromatic rings. The van der Waals surface area contributed by atoms with Crippen molar-refractivity contribution >= 4 is 17.6 Å². The van der Waals surface area contributed by atoms with Crippen LogP contribution in [0.4, 0.5) is 5.69 Å². The number of hydrogen-bond acceptors (Lipinski definition) is 6. The van der Waals surface area contributed by atoms with Crippen molar-refractivity contribution in [2.75, 3.05) is 27.8 Å². The average molecular weight is 282 g/mol. The molecule has 108 valence electrons. The molecular weight excluding hydrogens is 268 g/mol. The summed E-state index contributed by atoms with van der Waals surface area (Å²) in [6.45, 7) is -0.315. The number of amides is 1. The van der Waals surface area contributed by atoms with Gasteiger partial charge in [-0.25, -0.2) is 0 Å². The second kappa shape index (κ2) is 6.50. The van der Waals surface area contributed by atoms with Gasteiger partial charge >= 0.3 is 5.97 Å². The fourth-order valence-electron chi connectivity index (χ4n) is 1.58. The Bertz CT molecular complexity index is 543. The van der Waals surface area contributed by atoms with Gasteiger partial charge in [-0.2, -0.15) is 0 Å². The molecule has 0 fully saturated rings. The van der Waals surface area contributed by atoms with Crippen LogP contribution in [0.25, 0.3) is 0 Å². The summed E-state index contributed by atoms with van der Waals surface area (Å²) in [7, 11) is 3.83. The van der Waals surface area contributed by atoms with Crippen LogP contribution >= 0.6 is 0 Å².